The van der Waals surface area contributed by atoms with Gasteiger partial charge in [-0.3, -0.25) is 0 Å². The van der Waals surface area contributed by atoms with Crippen LogP contribution in [0.2, 0.25) is 0 Å². The van der Waals surface area contributed by atoms with Crippen LogP contribution in [0.4, 0.5) is 13.2 Å². The molecule has 0 bridgehead atoms. The monoisotopic (exact) mass is 682 g/mol. The molecule has 0 unspecified atom stereocenters. The van der Waals surface area contributed by atoms with E-state index in [1.807, 2.05) is 48.5 Å². The Morgan fingerprint density at radius 2 is 1.18 bits per heavy atom. The highest BCUT2D eigenvalue weighted by Crippen LogP contribution is 2.35. The van der Waals surface area contributed by atoms with Gasteiger partial charge in [-0.05, 0) is 106 Å². The number of methoxy groups -OCH3 is 1. The van der Waals surface area contributed by atoms with Gasteiger partial charge in [0.25, 0.3) is 0 Å². The minimum atomic E-state index is -0.616. The van der Waals surface area contributed by atoms with Crippen molar-refractivity contribution >= 4 is 10.8 Å². The molecule has 0 aliphatic rings. The minimum Gasteiger partial charge on any atom is -0.495 e. The Kier molecular flexibility index (Phi) is 11.4. The van der Waals surface area contributed by atoms with E-state index in [9.17, 15) is 0 Å². The molecule has 5 heteroatoms. The normalized spacial score (nSPS) is 10.9. The maximum absolute atomic E-state index is 15.5. The fourth-order valence-electron chi connectivity index (χ4n) is 6.16. The Bertz CT molecular complexity index is 2210. The number of ether oxygens (including phenoxy) is 2. The highest BCUT2D eigenvalue weighted by atomic mass is 19.1. The zero-order valence-electron chi connectivity index (χ0n) is 29.3. The van der Waals surface area contributed by atoms with Gasteiger partial charge in [0.05, 0.1) is 13.7 Å². The van der Waals surface area contributed by atoms with Gasteiger partial charge >= 0.3 is 0 Å². The Labute approximate surface area is 298 Å². The van der Waals surface area contributed by atoms with Gasteiger partial charge in [-0.2, -0.15) is 0 Å². The molecule has 6 aromatic carbocycles. The second-order valence-electron chi connectivity index (χ2n) is 12.8. The topological polar surface area (TPSA) is 18.5 Å². The lowest BCUT2D eigenvalue weighted by atomic mass is 9.96. The molecule has 0 fully saturated rings. The van der Waals surface area contributed by atoms with Crippen LogP contribution in [0, 0.1) is 29.3 Å². The van der Waals surface area contributed by atoms with Crippen molar-refractivity contribution in [3.63, 3.8) is 0 Å². The third kappa shape index (κ3) is 8.47. The molecule has 6 aromatic rings. The first-order valence-corrected chi connectivity index (χ1v) is 17.6. The molecule has 0 aromatic heterocycles. The van der Waals surface area contributed by atoms with Crippen LogP contribution in [-0.2, 0) is 6.42 Å². The van der Waals surface area contributed by atoms with E-state index in [1.165, 1.54) is 49.8 Å². The average molecular weight is 683 g/mol. The molecule has 0 aliphatic carbocycles. The number of benzene rings is 6. The average Bonchev–Trinajstić information content (AvgIpc) is 3.14. The van der Waals surface area contributed by atoms with Gasteiger partial charge in [0.15, 0.2) is 0 Å². The van der Waals surface area contributed by atoms with Crippen molar-refractivity contribution in [1.82, 2.24) is 0 Å². The van der Waals surface area contributed by atoms with Crippen LogP contribution in [0.3, 0.4) is 0 Å². The van der Waals surface area contributed by atoms with Crippen LogP contribution in [0.25, 0.3) is 44.2 Å². The van der Waals surface area contributed by atoms with Gasteiger partial charge in [-0.25, -0.2) is 13.2 Å². The Morgan fingerprint density at radius 3 is 1.84 bits per heavy atom. The molecule has 0 saturated heterocycles. The summed E-state index contributed by atoms with van der Waals surface area (Å²) in [5.41, 5.74) is 4.83. The van der Waals surface area contributed by atoms with E-state index >= 15 is 13.2 Å². The number of fused-ring (bicyclic) bond motifs is 1. The predicted octanol–water partition coefficient (Wildman–Crippen LogP) is 12.6. The Balaban J connectivity index is 1.20. The van der Waals surface area contributed by atoms with Crippen molar-refractivity contribution in [3.05, 3.63) is 143 Å². The third-order valence-corrected chi connectivity index (χ3v) is 9.10. The highest BCUT2D eigenvalue weighted by molar-refractivity contribution is 5.85. The van der Waals surface area contributed by atoms with Crippen LogP contribution < -0.4 is 9.47 Å². The number of halogens is 3. The first-order valence-electron chi connectivity index (χ1n) is 17.6. The van der Waals surface area contributed by atoms with Crippen LogP contribution in [0.1, 0.15) is 62.6 Å². The fraction of sp³-hybridized carbons (Fsp3) is 0.217. The molecule has 0 aliphatic heterocycles. The zero-order valence-corrected chi connectivity index (χ0v) is 29.3. The van der Waals surface area contributed by atoms with E-state index in [1.54, 1.807) is 24.3 Å². The molecule has 0 spiro atoms. The minimum absolute atomic E-state index is 0.103. The summed E-state index contributed by atoms with van der Waals surface area (Å²) in [6, 6.07) is 32.1. The van der Waals surface area contributed by atoms with E-state index in [0.29, 0.717) is 17.7 Å². The predicted molar refractivity (Wildman–Crippen MR) is 203 cm³/mol. The number of hydrogen-bond donors (Lipinski definition) is 0. The lowest BCUT2D eigenvalue weighted by molar-refractivity contribution is 0.310. The van der Waals surface area contributed by atoms with E-state index in [0.717, 1.165) is 58.9 Å². The van der Waals surface area contributed by atoms with Gasteiger partial charge in [-0.15, -0.1) is 0 Å². The van der Waals surface area contributed by atoms with Crippen LogP contribution in [0.15, 0.2) is 109 Å². The van der Waals surface area contributed by atoms with Crippen LogP contribution in [0.5, 0.6) is 11.5 Å². The summed E-state index contributed by atoms with van der Waals surface area (Å²) in [6.45, 7) is 4.99. The maximum Gasteiger partial charge on any atom is 0.143 e. The molecule has 258 valence electrons. The van der Waals surface area contributed by atoms with Gasteiger partial charge < -0.3 is 9.47 Å². The molecular weight excluding hydrogens is 641 g/mol. The van der Waals surface area contributed by atoms with E-state index in [4.69, 9.17) is 9.47 Å². The molecule has 0 heterocycles. The summed E-state index contributed by atoms with van der Waals surface area (Å²) in [6.07, 6.45) is 6.62. The smallest absolute Gasteiger partial charge is 0.143 e. The second kappa shape index (κ2) is 16.5. The number of rotatable bonds is 12. The van der Waals surface area contributed by atoms with Gasteiger partial charge in [0.2, 0.25) is 0 Å². The molecule has 2 nitrogen and oxygen atoms in total. The van der Waals surface area contributed by atoms with Gasteiger partial charge in [-0.1, -0.05) is 106 Å². The summed E-state index contributed by atoms with van der Waals surface area (Å²) in [7, 11) is 1.44. The van der Waals surface area contributed by atoms with E-state index < -0.39 is 17.5 Å². The second-order valence-corrected chi connectivity index (χ2v) is 12.8. The Hall–Kier alpha value is -5.47. The van der Waals surface area contributed by atoms with Crippen molar-refractivity contribution in [2.24, 2.45) is 0 Å². The number of aryl methyl sites for hydroxylation is 1. The summed E-state index contributed by atoms with van der Waals surface area (Å²) in [5, 5.41) is 2.02. The molecule has 6 rings (SSSR count). The largest absolute Gasteiger partial charge is 0.495 e. The maximum atomic E-state index is 15.5. The van der Waals surface area contributed by atoms with Gasteiger partial charge in [0.1, 0.15) is 34.5 Å². The van der Waals surface area contributed by atoms with Gasteiger partial charge in [0, 0.05) is 16.7 Å². The fourth-order valence-corrected chi connectivity index (χ4v) is 6.16. The molecule has 0 saturated carbocycles. The lowest BCUT2D eigenvalue weighted by Gasteiger charge is -2.12. The Morgan fingerprint density at radius 1 is 0.549 bits per heavy atom. The zero-order chi connectivity index (χ0) is 35.7. The van der Waals surface area contributed by atoms with Crippen molar-refractivity contribution < 1.29 is 22.6 Å². The van der Waals surface area contributed by atoms with Crippen molar-refractivity contribution in [3.8, 4) is 56.7 Å². The lowest BCUT2D eigenvalue weighted by Crippen LogP contribution is -1.96. The molecule has 0 N–H and O–H groups in total. The summed E-state index contributed by atoms with van der Waals surface area (Å²) in [5.74, 6) is 5.31. The van der Waals surface area contributed by atoms with Crippen LogP contribution >= 0.6 is 0 Å². The molecule has 51 heavy (non-hydrogen) atoms. The number of hydrogen-bond acceptors (Lipinski definition) is 2. The molecular formula is C46H41F3O2. The molecule has 0 atom stereocenters. The van der Waals surface area contributed by atoms with Crippen molar-refractivity contribution in [1.29, 1.82) is 0 Å². The van der Waals surface area contributed by atoms with Crippen molar-refractivity contribution in [2.45, 2.75) is 52.4 Å². The van der Waals surface area contributed by atoms with E-state index in [2.05, 4.69) is 37.8 Å². The van der Waals surface area contributed by atoms with Crippen molar-refractivity contribution in [2.75, 3.05) is 13.7 Å². The first-order chi connectivity index (χ1) is 24.9. The summed E-state index contributed by atoms with van der Waals surface area (Å²) in [4.78, 5) is 0. The standard InChI is InChI=1S/C46H41F3O2/c1-4-6-8-9-31-10-14-33(15-11-31)36-18-22-40(43(47)27-36)41-23-19-37(28-44(41)48)38-29-45(49)42(46(30-38)50-3)21-13-32-12-16-35-26-39(51-24-7-5-2)20-17-34(35)25-32/h10-12,14-20,22-23,25-30H,4-9,24H2,1-3H3. The first kappa shape index (κ1) is 35.4. The summed E-state index contributed by atoms with van der Waals surface area (Å²) >= 11 is 0. The highest BCUT2D eigenvalue weighted by Gasteiger charge is 2.16. The number of unbranched alkanes of at least 4 members (excludes halogenated alkanes) is 3. The summed E-state index contributed by atoms with van der Waals surface area (Å²) < 4.78 is 57.8. The third-order valence-electron chi connectivity index (χ3n) is 9.10. The molecule has 0 radical (unpaired) electrons. The molecule has 0 amide bonds. The SMILES string of the molecule is CCCCCc1ccc(-c2ccc(-c3ccc(-c4cc(F)c(C#Cc5ccc6cc(OCCCC)ccc6c5)c(OC)c4)cc3F)c(F)c2)cc1. The van der Waals surface area contributed by atoms with Crippen LogP contribution in [-0.4, -0.2) is 13.7 Å². The van der Waals surface area contributed by atoms with E-state index in [-0.39, 0.29) is 22.4 Å². The quantitative estimate of drug-likeness (QED) is 0.0945.